The van der Waals surface area contributed by atoms with Crippen molar-refractivity contribution in [3.8, 4) is 0 Å². The first-order valence-electron chi connectivity index (χ1n) is 17.6. The van der Waals surface area contributed by atoms with Crippen LogP contribution >= 0.6 is 7.60 Å². The van der Waals surface area contributed by atoms with Crippen LogP contribution in [0.3, 0.4) is 0 Å². The number of hydrogen-bond donors (Lipinski definition) is 0. The summed E-state index contributed by atoms with van der Waals surface area (Å²) in [5.41, 5.74) is -1.31. The summed E-state index contributed by atoms with van der Waals surface area (Å²) in [7, 11) is -3.45. The maximum Gasteiger partial charge on any atom is 0.399 e. The van der Waals surface area contributed by atoms with Crippen LogP contribution in [-0.2, 0) is 57.1 Å². The summed E-state index contributed by atoms with van der Waals surface area (Å²) in [5.74, 6) is 0. The van der Waals surface area contributed by atoms with Crippen molar-refractivity contribution in [1.29, 1.82) is 0 Å². The normalized spacial score (nSPS) is 21.0. The highest BCUT2D eigenvalue weighted by molar-refractivity contribution is 7.55. The quantitative estimate of drug-likeness (QED) is 0.0843. The lowest BCUT2D eigenvalue weighted by Crippen LogP contribution is -2.61. The highest BCUT2D eigenvalue weighted by Crippen LogP contribution is 2.64. The lowest BCUT2D eigenvalue weighted by atomic mass is 9.95. The van der Waals surface area contributed by atoms with Crippen molar-refractivity contribution in [1.82, 2.24) is 0 Å². The molecule has 11 heteroatoms. The van der Waals surface area contributed by atoms with Gasteiger partial charge in [-0.15, -0.1) is 0 Å². The molecule has 0 aromatic heterocycles. The summed E-state index contributed by atoms with van der Waals surface area (Å²) in [6.07, 6.45) is -0.773. The highest BCUT2D eigenvalue weighted by Gasteiger charge is 2.58. The number of hydrogen-bond acceptors (Lipinski definition) is 8. The molecule has 0 unspecified atom stereocenters. The van der Waals surface area contributed by atoms with Gasteiger partial charge in [-0.05, 0) is 30.5 Å². The first kappa shape index (κ1) is 41.9. The Morgan fingerprint density at radius 2 is 1.04 bits per heavy atom. The molecule has 3 aromatic rings. The van der Waals surface area contributed by atoms with E-state index in [4.69, 9.17) is 32.7 Å². The Bertz CT molecular complexity index is 1340. The summed E-state index contributed by atoms with van der Waals surface area (Å²) in [6.45, 7) is 7.41. The summed E-state index contributed by atoms with van der Waals surface area (Å²) in [4.78, 5) is 0. The Labute approximate surface area is 297 Å². The smallest absolute Gasteiger partial charge is 0.368 e. The largest absolute Gasteiger partial charge is 0.399 e. The number of methoxy groups -OCH3 is 1. The lowest BCUT2D eigenvalue weighted by Gasteiger charge is -2.46. The van der Waals surface area contributed by atoms with Crippen LogP contribution in [0, 0.1) is 0 Å². The molecule has 1 saturated heterocycles. The van der Waals surface area contributed by atoms with Crippen molar-refractivity contribution in [2.45, 2.75) is 116 Å². The molecule has 1 heterocycles. The van der Waals surface area contributed by atoms with Crippen LogP contribution in [0.25, 0.3) is 0 Å². The molecule has 0 N–H and O–H groups in total. The van der Waals surface area contributed by atoms with E-state index in [-0.39, 0.29) is 33.0 Å². The molecule has 0 radical (unpaired) electrons. The second-order valence-corrected chi connectivity index (χ2v) is 14.1. The van der Waals surface area contributed by atoms with Gasteiger partial charge in [0, 0.05) is 7.11 Å². The van der Waals surface area contributed by atoms with E-state index in [2.05, 4.69) is 13.8 Å². The van der Waals surface area contributed by atoms with E-state index >= 15 is 8.78 Å². The topological polar surface area (TPSA) is 81.7 Å². The number of rotatable bonds is 20. The molecular formula is C39H55F2O8P. The zero-order chi connectivity index (χ0) is 36.2. The van der Waals surface area contributed by atoms with Gasteiger partial charge in [0.1, 0.15) is 18.3 Å². The van der Waals surface area contributed by atoms with E-state index in [0.29, 0.717) is 0 Å². The molecule has 0 amide bonds. The number of alkyl halides is 2. The Kier molecular flexibility index (Phi) is 18.8. The number of benzene rings is 3. The molecule has 4 rings (SSSR count). The number of ether oxygens (including phenoxy) is 5. The lowest BCUT2D eigenvalue weighted by molar-refractivity contribution is -0.322. The number of unbranched alkanes of at least 4 members (excludes halogenated alkanes) is 3. The van der Waals surface area contributed by atoms with Gasteiger partial charge in [-0.1, -0.05) is 131 Å². The minimum absolute atomic E-state index is 0.0831. The van der Waals surface area contributed by atoms with Crippen molar-refractivity contribution in [3.63, 3.8) is 0 Å². The fraction of sp³-hybridized carbons (Fsp3) is 0.538. The van der Waals surface area contributed by atoms with Crippen LogP contribution in [0.1, 0.15) is 76.5 Å². The summed E-state index contributed by atoms with van der Waals surface area (Å²) >= 11 is 0. The van der Waals surface area contributed by atoms with Gasteiger partial charge in [0.25, 0.3) is 0 Å². The van der Waals surface area contributed by atoms with E-state index in [1.807, 2.05) is 91.0 Å². The standard InChI is InChI=1S/C33H41F2O8P.C6H14/c1-4-41-44(36,42-5-2)33(34,35)21-28-29(38-22-25-15-9-6-10-16-25)30(39-23-26-17-11-7-12-18-26)31(32(37-3)43-28)40-24-27-19-13-8-14-20-27;1-3-5-6-4-2/h6-20,28-32H,4-5,21-24H2,1-3H3;3-6H2,1-2H3/t28-,29-,30+,31+,32+;/m1./s1. The predicted molar refractivity (Wildman–Crippen MR) is 191 cm³/mol. The van der Waals surface area contributed by atoms with E-state index in [0.717, 1.165) is 16.7 Å². The average molecular weight is 721 g/mol. The van der Waals surface area contributed by atoms with E-state index < -0.39 is 50.4 Å². The molecule has 1 aliphatic heterocycles. The third-order valence-electron chi connectivity index (χ3n) is 8.08. The van der Waals surface area contributed by atoms with Crippen LogP contribution < -0.4 is 0 Å². The van der Waals surface area contributed by atoms with Gasteiger partial charge in [0.2, 0.25) is 0 Å². The summed E-state index contributed by atoms with van der Waals surface area (Å²) < 4.78 is 86.0. The van der Waals surface area contributed by atoms with Gasteiger partial charge in [-0.25, -0.2) is 0 Å². The van der Waals surface area contributed by atoms with Gasteiger partial charge < -0.3 is 32.7 Å². The van der Waals surface area contributed by atoms with Crippen molar-refractivity contribution in [3.05, 3.63) is 108 Å². The van der Waals surface area contributed by atoms with Crippen LogP contribution in [0.4, 0.5) is 8.78 Å². The summed E-state index contributed by atoms with van der Waals surface area (Å²) in [5, 5.41) is 0. The van der Waals surface area contributed by atoms with E-state index in [1.54, 1.807) is 0 Å². The van der Waals surface area contributed by atoms with E-state index in [9.17, 15) is 4.57 Å². The third-order valence-corrected chi connectivity index (χ3v) is 10.3. The van der Waals surface area contributed by atoms with Crippen LogP contribution in [0.15, 0.2) is 91.0 Å². The van der Waals surface area contributed by atoms with Gasteiger partial charge in [0.05, 0.1) is 45.6 Å². The third kappa shape index (κ3) is 12.9. The van der Waals surface area contributed by atoms with Gasteiger partial charge in [0.15, 0.2) is 6.29 Å². The summed E-state index contributed by atoms with van der Waals surface area (Å²) in [6, 6.07) is 28.3. The Morgan fingerprint density at radius 3 is 1.42 bits per heavy atom. The molecule has 0 spiro atoms. The van der Waals surface area contributed by atoms with E-state index in [1.165, 1.54) is 46.6 Å². The molecule has 1 aliphatic rings. The fourth-order valence-electron chi connectivity index (χ4n) is 5.52. The van der Waals surface area contributed by atoms with Gasteiger partial charge >= 0.3 is 13.3 Å². The van der Waals surface area contributed by atoms with Crippen LogP contribution in [0.5, 0.6) is 0 Å². The molecule has 0 saturated carbocycles. The maximum atomic E-state index is 15.9. The second kappa shape index (κ2) is 22.4. The van der Waals surface area contributed by atoms with Crippen molar-refractivity contribution in [2.24, 2.45) is 0 Å². The second-order valence-electron chi connectivity index (χ2n) is 12.0. The van der Waals surface area contributed by atoms with Crippen molar-refractivity contribution in [2.75, 3.05) is 20.3 Å². The van der Waals surface area contributed by atoms with Gasteiger partial charge in [-0.2, -0.15) is 8.78 Å². The Hall–Kier alpha value is -2.53. The van der Waals surface area contributed by atoms with Crippen LogP contribution in [0.2, 0.25) is 0 Å². The molecule has 8 nitrogen and oxygen atoms in total. The maximum absolute atomic E-state index is 15.9. The number of halogens is 2. The minimum atomic E-state index is -4.85. The highest BCUT2D eigenvalue weighted by atomic mass is 31.2. The van der Waals surface area contributed by atoms with Crippen LogP contribution in [-0.4, -0.2) is 56.7 Å². The molecular weight excluding hydrogens is 665 g/mol. The monoisotopic (exact) mass is 720 g/mol. The first-order valence-corrected chi connectivity index (χ1v) is 19.2. The SMILES string of the molecule is CCCCCC.CCOP(=O)(OCC)C(F)(F)C[C@H]1O[C@H](OC)[C@@H](OCc2ccccc2)[C@@H](OCc2ccccc2)[C@@H]1OCc1ccccc1. The molecule has 3 aromatic carbocycles. The predicted octanol–water partition coefficient (Wildman–Crippen LogP) is 9.95. The molecule has 1 fully saturated rings. The minimum Gasteiger partial charge on any atom is -0.368 e. The zero-order valence-electron chi connectivity index (χ0n) is 30.1. The van der Waals surface area contributed by atoms with Gasteiger partial charge in [-0.3, -0.25) is 4.57 Å². The van der Waals surface area contributed by atoms with Crippen molar-refractivity contribution >= 4 is 7.60 Å². The molecule has 0 aliphatic carbocycles. The van der Waals surface area contributed by atoms with Crippen molar-refractivity contribution < 1.29 is 46.1 Å². The zero-order valence-corrected chi connectivity index (χ0v) is 31.0. The Morgan fingerprint density at radius 1 is 0.640 bits per heavy atom. The Balaban J connectivity index is 0.00000103. The first-order chi connectivity index (χ1) is 24.2. The molecule has 50 heavy (non-hydrogen) atoms. The molecule has 0 bridgehead atoms. The fourth-order valence-corrected chi connectivity index (χ4v) is 7.06. The molecule has 5 atom stereocenters. The molecule has 278 valence electrons. The average Bonchev–Trinajstić information content (AvgIpc) is 3.13.